The van der Waals surface area contributed by atoms with Gasteiger partial charge in [-0.05, 0) is 107 Å². The van der Waals surface area contributed by atoms with Gasteiger partial charge in [-0.2, -0.15) is 0 Å². The van der Waals surface area contributed by atoms with Gasteiger partial charge >= 0.3 is 0 Å². The van der Waals surface area contributed by atoms with Crippen LogP contribution in [0.5, 0.6) is 0 Å². The van der Waals surface area contributed by atoms with Crippen LogP contribution in [-0.4, -0.2) is 0 Å². The van der Waals surface area contributed by atoms with E-state index in [-0.39, 0.29) is 0 Å². The second-order valence-corrected chi connectivity index (χ2v) is 12.6. The van der Waals surface area contributed by atoms with E-state index in [2.05, 4.69) is 135 Å². The summed E-state index contributed by atoms with van der Waals surface area (Å²) in [5.74, 6) is 0. The average Bonchev–Trinajstić information content (AvgIpc) is 3.48. The topological polar surface area (TPSA) is 12.0 Å². The van der Waals surface area contributed by atoms with E-state index in [1.807, 2.05) is 6.92 Å². The Morgan fingerprint density at radius 1 is 0.689 bits per heavy atom. The van der Waals surface area contributed by atoms with Crippen LogP contribution >= 0.6 is 0 Å². The SMILES string of the molecule is C=C(CCCC)CCCCC.C=C(Nc1cc(C(=C)C)ccc1C)C1=CC=C(C)C1.CCCC.CCCCc1ccccc1C. The van der Waals surface area contributed by atoms with E-state index in [0.29, 0.717) is 0 Å². The first kappa shape index (κ1) is 41.9. The molecule has 0 bridgehead atoms. The van der Waals surface area contributed by atoms with Gasteiger partial charge < -0.3 is 5.32 Å². The molecule has 0 saturated carbocycles. The van der Waals surface area contributed by atoms with Gasteiger partial charge in [-0.3, -0.25) is 0 Å². The third kappa shape index (κ3) is 19.8. The Hall–Kier alpha value is -3.06. The second kappa shape index (κ2) is 26.2. The summed E-state index contributed by atoms with van der Waals surface area (Å²) in [6, 6.07) is 15.0. The maximum Gasteiger partial charge on any atom is 0.0419 e. The van der Waals surface area contributed by atoms with Gasteiger partial charge in [-0.25, -0.2) is 0 Å². The highest BCUT2D eigenvalue weighted by Gasteiger charge is 2.10. The zero-order chi connectivity index (χ0) is 34.0. The number of aryl methyl sites for hydroxylation is 3. The van der Waals surface area contributed by atoms with E-state index >= 15 is 0 Å². The fourth-order valence-corrected chi connectivity index (χ4v) is 4.57. The maximum absolute atomic E-state index is 4.15. The number of rotatable bonds is 15. The van der Waals surface area contributed by atoms with Crippen LogP contribution < -0.4 is 5.32 Å². The minimum atomic E-state index is 0.982. The van der Waals surface area contributed by atoms with Gasteiger partial charge in [0.1, 0.15) is 0 Å². The average molecular weight is 612 g/mol. The Balaban J connectivity index is 0.000000642. The first-order chi connectivity index (χ1) is 21.5. The molecule has 0 spiro atoms. The Bertz CT molecular complexity index is 1190. The first-order valence-electron chi connectivity index (χ1n) is 17.8. The summed E-state index contributed by atoms with van der Waals surface area (Å²) in [6.45, 7) is 31.7. The summed E-state index contributed by atoms with van der Waals surface area (Å²) in [7, 11) is 0. The number of allylic oxidation sites excluding steroid dienone is 6. The summed E-state index contributed by atoms with van der Waals surface area (Å²) in [6.07, 6.45) is 20.9. The van der Waals surface area contributed by atoms with Gasteiger partial charge in [0.25, 0.3) is 0 Å². The standard InChI is InChI=1S/C18H21N.C11H16.C11H22.C4H10/c1-12(2)16-9-7-14(4)18(11-16)19-15(5)17-8-6-13(3)10-17;1-3-4-8-11-9-6-5-7-10(11)2;1-4-6-8-10-11(3)9-7-5-2;1-3-4-2/h6-9,11,19H,1,5,10H2,2-4H3;5-7,9H,3-4,8H2,1-2H3;3-10H2,1-2H3;3-4H2,1-2H3. The van der Waals surface area contributed by atoms with Crippen molar-refractivity contribution in [3.8, 4) is 0 Å². The molecule has 1 aliphatic rings. The molecule has 0 amide bonds. The van der Waals surface area contributed by atoms with Crippen LogP contribution in [0.25, 0.3) is 5.57 Å². The van der Waals surface area contributed by atoms with Gasteiger partial charge in [0, 0.05) is 11.4 Å². The van der Waals surface area contributed by atoms with Gasteiger partial charge in [0.15, 0.2) is 0 Å². The number of nitrogens with one attached hydrogen (secondary N) is 1. The van der Waals surface area contributed by atoms with Gasteiger partial charge in [-0.1, -0.05) is 158 Å². The molecule has 1 heteroatoms. The summed E-state index contributed by atoms with van der Waals surface area (Å²) in [5.41, 5.74) is 12.6. The van der Waals surface area contributed by atoms with Crippen molar-refractivity contribution in [3.05, 3.63) is 119 Å². The lowest BCUT2D eigenvalue weighted by Gasteiger charge is -2.15. The third-order valence-electron chi connectivity index (χ3n) is 8.02. The van der Waals surface area contributed by atoms with E-state index in [0.717, 1.165) is 28.9 Å². The molecule has 3 rings (SSSR count). The zero-order valence-electron chi connectivity index (χ0n) is 31.0. The van der Waals surface area contributed by atoms with E-state index in [9.17, 15) is 0 Å². The molecule has 1 N–H and O–H groups in total. The minimum Gasteiger partial charge on any atom is -0.356 e. The van der Waals surface area contributed by atoms with Crippen LogP contribution in [0.4, 0.5) is 5.69 Å². The van der Waals surface area contributed by atoms with Crippen LogP contribution in [-0.2, 0) is 6.42 Å². The van der Waals surface area contributed by atoms with E-state index in [1.54, 1.807) is 0 Å². The monoisotopic (exact) mass is 612 g/mol. The fraction of sp³-hybridized carbons (Fsp3) is 0.500. The third-order valence-corrected chi connectivity index (χ3v) is 8.02. The van der Waals surface area contributed by atoms with Crippen LogP contribution in [0.1, 0.15) is 148 Å². The van der Waals surface area contributed by atoms with Crippen molar-refractivity contribution in [2.75, 3.05) is 5.32 Å². The lowest BCUT2D eigenvalue weighted by atomic mass is 10.0. The molecule has 1 aliphatic carbocycles. The smallest absolute Gasteiger partial charge is 0.0419 e. The Morgan fingerprint density at radius 3 is 1.84 bits per heavy atom. The van der Waals surface area contributed by atoms with Crippen molar-refractivity contribution >= 4 is 11.3 Å². The molecule has 0 unspecified atom stereocenters. The van der Waals surface area contributed by atoms with Crippen molar-refractivity contribution in [1.82, 2.24) is 0 Å². The predicted octanol–water partition coefficient (Wildman–Crippen LogP) is 14.7. The molecule has 2 aromatic carbocycles. The molecule has 2 aromatic rings. The Kier molecular flexibility index (Phi) is 24.4. The quantitative estimate of drug-likeness (QED) is 0.156. The van der Waals surface area contributed by atoms with Gasteiger partial charge in [-0.15, -0.1) is 0 Å². The molecule has 0 heterocycles. The van der Waals surface area contributed by atoms with Crippen LogP contribution in [0.15, 0.2) is 96.8 Å². The lowest BCUT2D eigenvalue weighted by Crippen LogP contribution is -2.02. The highest BCUT2D eigenvalue weighted by molar-refractivity contribution is 5.69. The van der Waals surface area contributed by atoms with Gasteiger partial charge in [0.05, 0.1) is 0 Å². The molecular formula is C44H69N. The maximum atomic E-state index is 4.15. The van der Waals surface area contributed by atoms with Crippen molar-refractivity contribution in [3.63, 3.8) is 0 Å². The van der Waals surface area contributed by atoms with Crippen LogP contribution in [0, 0.1) is 13.8 Å². The second-order valence-electron chi connectivity index (χ2n) is 12.6. The zero-order valence-corrected chi connectivity index (χ0v) is 31.0. The molecule has 45 heavy (non-hydrogen) atoms. The number of hydrogen-bond acceptors (Lipinski definition) is 1. The van der Waals surface area contributed by atoms with Crippen LogP contribution in [0.3, 0.4) is 0 Å². The molecule has 0 aliphatic heterocycles. The molecule has 0 radical (unpaired) electrons. The number of benzene rings is 2. The molecule has 0 fully saturated rings. The molecule has 250 valence electrons. The molecule has 0 aromatic heterocycles. The van der Waals surface area contributed by atoms with Crippen molar-refractivity contribution in [1.29, 1.82) is 0 Å². The Morgan fingerprint density at radius 2 is 1.31 bits per heavy atom. The highest BCUT2D eigenvalue weighted by Crippen LogP contribution is 2.28. The largest absolute Gasteiger partial charge is 0.356 e. The Labute approximate surface area is 280 Å². The number of anilines is 1. The minimum absolute atomic E-state index is 0.982. The summed E-state index contributed by atoms with van der Waals surface area (Å²) in [4.78, 5) is 0. The summed E-state index contributed by atoms with van der Waals surface area (Å²) >= 11 is 0. The van der Waals surface area contributed by atoms with E-state index < -0.39 is 0 Å². The highest BCUT2D eigenvalue weighted by atomic mass is 14.9. The predicted molar refractivity (Wildman–Crippen MR) is 208 cm³/mol. The number of unbranched alkanes of at least 4 members (excludes halogenated alkanes) is 5. The van der Waals surface area contributed by atoms with E-state index in [4.69, 9.17) is 0 Å². The molecule has 0 atom stereocenters. The first-order valence-corrected chi connectivity index (χ1v) is 17.8. The molecular weight excluding hydrogens is 542 g/mol. The van der Waals surface area contributed by atoms with Gasteiger partial charge in [0.2, 0.25) is 0 Å². The van der Waals surface area contributed by atoms with Crippen molar-refractivity contribution in [2.45, 2.75) is 146 Å². The number of hydrogen-bond donors (Lipinski definition) is 1. The lowest BCUT2D eigenvalue weighted by molar-refractivity contribution is 0.680. The molecule has 0 saturated heterocycles. The fourth-order valence-electron chi connectivity index (χ4n) is 4.57. The van der Waals surface area contributed by atoms with Crippen LogP contribution in [0.2, 0.25) is 0 Å². The summed E-state index contributed by atoms with van der Waals surface area (Å²) < 4.78 is 0. The van der Waals surface area contributed by atoms with Crippen molar-refractivity contribution < 1.29 is 0 Å². The summed E-state index contributed by atoms with van der Waals surface area (Å²) in [5, 5.41) is 3.43. The van der Waals surface area contributed by atoms with Crippen molar-refractivity contribution in [2.24, 2.45) is 0 Å². The van der Waals surface area contributed by atoms with E-state index in [1.165, 1.54) is 110 Å². The normalized spacial score (nSPS) is 11.4. The molecule has 1 nitrogen and oxygen atoms in total.